The number of rotatable bonds is 46. The molecule has 0 aromatic heterocycles. The molecule has 0 aliphatic heterocycles. The quantitative estimate of drug-likeness (QED) is 0.0309. The standard InChI is InChI=1S/C56H101NO5/c1-3-5-7-9-11-13-15-16-17-18-19-20-21-22-23-24-25-26-28-30-32-34-37-42-51(59)43-38-35-39-44-52(60)45-40-46-55(61)57-54(49-58)56(62)53-48-47-50(53)41-36-33-31-29-27-14-12-10-8-6-4-2/h3,17-18,21-22,28,30,35,38,50-54,56,58-60,62H,1,4-16,19-20,23-27,29,31-34,36-37,39-49H2,2H3,(H,57,61)/b18-17+,22-21+,30-28+,38-35+. The molecule has 6 nitrogen and oxygen atoms in total. The number of unbranched alkanes of at least 4 members (excludes halogenated alkanes) is 22. The molecule has 1 aliphatic rings. The zero-order valence-corrected chi connectivity index (χ0v) is 40.4. The van der Waals surface area contributed by atoms with Gasteiger partial charge in [0.1, 0.15) is 0 Å². The van der Waals surface area contributed by atoms with E-state index in [2.05, 4.69) is 55.3 Å². The SMILES string of the molecule is C=CCCCCCCC/C=C/CC/C=C/CCCC/C=C/CCCCC(O)C/C=C/CCC(O)CCCC(=O)NC(CO)C(O)C1CCC1CCCCCCCCCCCCC. The fourth-order valence-electron chi connectivity index (χ4n) is 8.86. The lowest BCUT2D eigenvalue weighted by Gasteiger charge is -2.42. The highest BCUT2D eigenvalue weighted by molar-refractivity contribution is 5.76. The van der Waals surface area contributed by atoms with Crippen LogP contribution in [0.4, 0.5) is 0 Å². The molecule has 0 aromatic carbocycles. The Morgan fingerprint density at radius 3 is 1.58 bits per heavy atom. The summed E-state index contributed by atoms with van der Waals surface area (Å²) in [5, 5.41) is 44.7. The van der Waals surface area contributed by atoms with Gasteiger partial charge in [0.05, 0.1) is 31.0 Å². The first-order valence-electron chi connectivity index (χ1n) is 26.6. The fraction of sp³-hybridized carbons (Fsp3) is 0.804. The Balaban J connectivity index is 1.98. The van der Waals surface area contributed by atoms with Crippen molar-refractivity contribution in [2.24, 2.45) is 11.8 Å². The van der Waals surface area contributed by atoms with Gasteiger partial charge in [-0.3, -0.25) is 4.79 Å². The predicted molar refractivity (Wildman–Crippen MR) is 267 cm³/mol. The smallest absolute Gasteiger partial charge is 0.220 e. The molecule has 0 bridgehead atoms. The summed E-state index contributed by atoms with van der Waals surface area (Å²) in [5.41, 5.74) is 0. The first-order valence-corrected chi connectivity index (χ1v) is 26.6. The van der Waals surface area contributed by atoms with Crippen LogP contribution in [-0.4, -0.2) is 57.3 Å². The van der Waals surface area contributed by atoms with Gasteiger partial charge in [-0.15, -0.1) is 6.58 Å². The Hall–Kier alpha value is -1.99. The fourth-order valence-corrected chi connectivity index (χ4v) is 8.86. The summed E-state index contributed by atoms with van der Waals surface area (Å²) in [7, 11) is 0. The molecule has 5 N–H and O–H groups in total. The van der Waals surface area contributed by atoms with Crippen LogP contribution in [0.1, 0.15) is 244 Å². The Kier molecular flexibility index (Phi) is 41.4. The molecule has 0 heterocycles. The molecule has 1 amide bonds. The van der Waals surface area contributed by atoms with Crippen molar-refractivity contribution in [1.82, 2.24) is 5.32 Å². The summed E-state index contributed by atoms with van der Waals surface area (Å²) < 4.78 is 0. The van der Waals surface area contributed by atoms with Crippen LogP contribution in [0, 0.1) is 11.8 Å². The van der Waals surface area contributed by atoms with E-state index in [1.54, 1.807) is 0 Å². The van der Waals surface area contributed by atoms with Crippen LogP contribution < -0.4 is 5.32 Å². The Morgan fingerprint density at radius 2 is 1.03 bits per heavy atom. The highest BCUT2D eigenvalue weighted by atomic mass is 16.3. The van der Waals surface area contributed by atoms with Crippen molar-refractivity contribution in [3.05, 3.63) is 61.3 Å². The normalized spacial score (nSPS) is 17.6. The second-order valence-corrected chi connectivity index (χ2v) is 18.9. The Labute approximate surface area is 383 Å². The van der Waals surface area contributed by atoms with E-state index in [0.29, 0.717) is 31.6 Å². The Bertz CT molecular complexity index is 1120. The van der Waals surface area contributed by atoms with Crippen molar-refractivity contribution < 1.29 is 25.2 Å². The van der Waals surface area contributed by atoms with Crippen LogP contribution >= 0.6 is 0 Å². The molecule has 0 aromatic rings. The molecule has 0 radical (unpaired) electrons. The van der Waals surface area contributed by atoms with Crippen LogP contribution in [0.15, 0.2) is 61.3 Å². The maximum Gasteiger partial charge on any atom is 0.220 e. The van der Waals surface area contributed by atoms with E-state index in [4.69, 9.17) is 0 Å². The molecule has 1 rings (SSSR count). The van der Waals surface area contributed by atoms with Crippen molar-refractivity contribution in [2.75, 3.05) is 6.61 Å². The predicted octanol–water partition coefficient (Wildman–Crippen LogP) is 14.7. The Morgan fingerprint density at radius 1 is 0.548 bits per heavy atom. The minimum absolute atomic E-state index is 0.156. The highest BCUT2D eigenvalue weighted by Crippen LogP contribution is 2.41. The maximum absolute atomic E-state index is 12.7. The summed E-state index contributed by atoms with van der Waals surface area (Å²) in [6, 6.07) is -0.626. The van der Waals surface area contributed by atoms with Gasteiger partial charge in [0, 0.05) is 6.42 Å². The number of allylic oxidation sites excluding steroid dienone is 8. The van der Waals surface area contributed by atoms with Crippen LogP contribution in [0.25, 0.3) is 0 Å². The van der Waals surface area contributed by atoms with Gasteiger partial charge in [0.15, 0.2) is 0 Å². The third-order valence-electron chi connectivity index (χ3n) is 13.2. The molecular weight excluding hydrogens is 767 g/mol. The molecule has 0 saturated heterocycles. The summed E-state index contributed by atoms with van der Waals surface area (Å²) in [6.45, 7) is 5.79. The molecule has 62 heavy (non-hydrogen) atoms. The van der Waals surface area contributed by atoms with E-state index in [0.717, 1.165) is 77.0 Å². The maximum atomic E-state index is 12.7. The second-order valence-electron chi connectivity index (χ2n) is 18.9. The number of hydrogen-bond acceptors (Lipinski definition) is 5. The topological polar surface area (TPSA) is 110 Å². The van der Waals surface area contributed by atoms with Crippen molar-refractivity contribution in [3.63, 3.8) is 0 Å². The zero-order valence-electron chi connectivity index (χ0n) is 40.4. The summed E-state index contributed by atoms with van der Waals surface area (Å²) in [6.07, 6.45) is 60.1. The summed E-state index contributed by atoms with van der Waals surface area (Å²) in [5.74, 6) is 0.476. The first-order chi connectivity index (χ1) is 30.4. The number of carbonyl (C=O) groups is 1. The molecule has 1 fully saturated rings. The minimum Gasteiger partial charge on any atom is -0.394 e. The average Bonchev–Trinajstić information content (AvgIpc) is 3.25. The van der Waals surface area contributed by atoms with Crippen LogP contribution in [0.2, 0.25) is 0 Å². The van der Waals surface area contributed by atoms with Gasteiger partial charge in [-0.25, -0.2) is 0 Å². The number of carbonyl (C=O) groups excluding carboxylic acids is 1. The van der Waals surface area contributed by atoms with Gasteiger partial charge in [-0.1, -0.05) is 164 Å². The molecule has 0 spiro atoms. The molecule has 6 unspecified atom stereocenters. The van der Waals surface area contributed by atoms with E-state index in [1.807, 2.05) is 18.2 Å². The number of hydrogen-bond donors (Lipinski definition) is 5. The van der Waals surface area contributed by atoms with Crippen molar-refractivity contribution >= 4 is 5.91 Å². The van der Waals surface area contributed by atoms with E-state index in [-0.39, 0.29) is 31.0 Å². The molecule has 6 heteroatoms. The second kappa shape index (κ2) is 44.2. The van der Waals surface area contributed by atoms with Crippen molar-refractivity contribution in [1.29, 1.82) is 0 Å². The van der Waals surface area contributed by atoms with Gasteiger partial charge < -0.3 is 25.7 Å². The summed E-state index contributed by atoms with van der Waals surface area (Å²) in [4.78, 5) is 12.7. The number of amides is 1. The van der Waals surface area contributed by atoms with Crippen LogP contribution in [0.3, 0.4) is 0 Å². The average molecular weight is 868 g/mol. The molecule has 1 saturated carbocycles. The molecule has 1 aliphatic carbocycles. The monoisotopic (exact) mass is 868 g/mol. The molecule has 360 valence electrons. The largest absolute Gasteiger partial charge is 0.394 e. The lowest BCUT2D eigenvalue weighted by molar-refractivity contribution is -0.124. The first kappa shape index (κ1) is 58.0. The third-order valence-corrected chi connectivity index (χ3v) is 13.2. The van der Waals surface area contributed by atoms with Crippen LogP contribution in [-0.2, 0) is 4.79 Å². The van der Waals surface area contributed by atoms with E-state index in [1.165, 1.54) is 128 Å². The minimum atomic E-state index is -0.711. The lowest BCUT2D eigenvalue weighted by atomic mass is 9.67. The molecular formula is C56H101NO5. The number of nitrogens with one attached hydrogen (secondary N) is 1. The van der Waals surface area contributed by atoms with Crippen molar-refractivity contribution in [3.8, 4) is 0 Å². The van der Waals surface area contributed by atoms with E-state index < -0.39 is 18.2 Å². The molecule has 6 atom stereocenters. The zero-order chi connectivity index (χ0) is 45.0. The number of aliphatic hydroxyl groups is 4. The highest BCUT2D eigenvalue weighted by Gasteiger charge is 2.39. The van der Waals surface area contributed by atoms with Gasteiger partial charge in [0.2, 0.25) is 5.91 Å². The van der Waals surface area contributed by atoms with Gasteiger partial charge in [0.25, 0.3) is 0 Å². The van der Waals surface area contributed by atoms with Gasteiger partial charge >= 0.3 is 0 Å². The number of aliphatic hydroxyl groups excluding tert-OH is 4. The van der Waals surface area contributed by atoms with Gasteiger partial charge in [-0.05, 0) is 140 Å². The lowest BCUT2D eigenvalue weighted by Crippen LogP contribution is -2.52. The van der Waals surface area contributed by atoms with E-state index in [9.17, 15) is 25.2 Å². The van der Waals surface area contributed by atoms with Crippen LogP contribution in [0.5, 0.6) is 0 Å². The van der Waals surface area contributed by atoms with Crippen molar-refractivity contribution in [2.45, 2.75) is 269 Å². The van der Waals surface area contributed by atoms with Gasteiger partial charge in [-0.2, -0.15) is 0 Å². The third kappa shape index (κ3) is 35.4. The summed E-state index contributed by atoms with van der Waals surface area (Å²) >= 11 is 0. The van der Waals surface area contributed by atoms with E-state index >= 15 is 0 Å².